The van der Waals surface area contributed by atoms with Gasteiger partial charge in [0.15, 0.2) is 10.8 Å². The van der Waals surface area contributed by atoms with Gasteiger partial charge in [0.05, 0.1) is 5.52 Å². The Kier molecular flexibility index (Phi) is 3.77. The Balaban J connectivity index is 1.80. The summed E-state index contributed by atoms with van der Waals surface area (Å²) in [6.07, 6.45) is 1.74. The van der Waals surface area contributed by atoms with E-state index in [9.17, 15) is 0 Å². The van der Waals surface area contributed by atoms with Crippen molar-refractivity contribution in [2.45, 2.75) is 10.9 Å². The van der Waals surface area contributed by atoms with Gasteiger partial charge in [-0.1, -0.05) is 41.6 Å². The fourth-order valence-corrected chi connectivity index (χ4v) is 3.17. The quantitative estimate of drug-likeness (QED) is 0.695. The van der Waals surface area contributed by atoms with Crippen LogP contribution in [0.1, 0.15) is 5.56 Å². The van der Waals surface area contributed by atoms with Gasteiger partial charge in [0.1, 0.15) is 0 Å². The first-order valence-corrected chi connectivity index (χ1v) is 7.75. The maximum Gasteiger partial charge on any atom is 0.178 e. The fourth-order valence-electron chi connectivity index (χ4n) is 1.68. The Morgan fingerprint density at radius 3 is 3.00 bits per heavy atom. The highest BCUT2D eigenvalue weighted by Gasteiger charge is 2.06. The molecule has 0 saturated carbocycles. The van der Waals surface area contributed by atoms with E-state index in [4.69, 9.17) is 11.6 Å². The smallest absolute Gasteiger partial charge is 0.178 e. The molecule has 0 spiro atoms. The van der Waals surface area contributed by atoms with Crippen LogP contribution in [0.25, 0.3) is 11.2 Å². The molecule has 3 aromatic rings. The number of pyridine rings is 1. The Bertz CT molecular complexity index is 729. The number of H-pyrrole nitrogens is 1. The van der Waals surface area contributed by atoms with E-state index < -0.39 is 0 Å². The molecule has 0 fully saturated rings. The molecule has 2 aromatic heterocycles. The zero-order chi connectivity index (χ0) is 13.2. The first-order chi connectivity index (χ1) is 9.22. The summed E-state index contributed by atoms with van der Waals surface area (Å²) >= 11 is 11.1. The minimum atomic E-state index is 0.727. The summed E-state index contributed by atoms with van der Waals surface area (Å²) < 4.78 is 0.936. The molecule has 0 aliphatic heterocycles. The highest BCUT2D eigenvalue weighted by atomic mass is 79.9. The highest BCUT2D eigenvalue weighted by Crippen LogP contribution is 2.26. The van der Waals surface area contributed by atoms with Gasteiger partial charge in [0.2, 0.25) is 0 Å². The molecule has 0 radical (unpaired) electrons. The van der Waals surface area contributed by atoms with Crippen LogP contribution in [0.15, 0.2) is 46.2 Å². The second-order valence-electron chi connectivity index (χ2n) is 3.95. The molecule has 0 amide bonds. The van der Waals surface area contributed by atoms with Crippen molar-refractivity contribution in [2.24, 2.45) is 0 Å². The molecule has 0 unspecified atom stereocenters. The number of thioether (sulfide) groups is 1. The number of hydrogen-bond donors (Lipinski definition) is 1. The Morgan fingerprint density at radius 1 is 1.32 bits per heavy atom. The topological polar surface area (TPSA) is 41.6 Å². The van der Waals surface area contributed by atoms with Gasteiger partial charge in [-0.05, 0) is 33.6 Å². The molecule has 0 atom stereocenters. The van der Waals surface area contributed by atoms with Crippen LogP contribution < -0.4 is 0 Å². The zero-order valence-electron chi connectivity index (χ0n) is 9.73. The van der Waals surface area contributed by atoms with Crippen LogP contribution >= 0.6 is 39.3 Å². The predicted octanol–water partition coefficient (Wildman–Crippen LogP) is 4.67. The van der Waals surface area contributed by atoms with Crippen molar-refractivity contribution in [3.8, 4) is 0 Å². The van der Waals surface area contributed by atoms with E-state index in [1.54, 1.807) is 18.0 Å². The van der Waals surface area contributed by atoms with Gasteiger partial charge in [-0.25, -0.2) is 9.97 Å². The van der Waals surface area contributed by atoms with Crippen molar-refractivity contribution in [1.29, 1.82) is 0 Å². The molecule has 0 aliphatic carbocycles. The van der Waals surface area contributed by atoms with Crippen molar-refractivity contribution < 1.29 is 0 Å². The first kappa shape index (κ1) is 13.0. The number of aromatic amines is 1. The first-order valence-electron chi connectivity index (χ1n) is 5.60. The van der Waals surface area contributed by atoms with E-state index in [-0.39, 0.29) is 0 Å². The SMILES string of the molecule is Clc1ccccc1CSc1nc2ncc(Br)cc2[nH]1. The largest absolute Gasteiger partial charge is 0.331 e. The summed E-state index contributed by atoms with van der Waals surface area (Å²) in [5.41, 5.74) is 2.75. The van der Waals surface area contributed by atoms with E-state index in [2.05, 4.69) is 30.9 Å². The number of hydrogen-bond acceptors (Lipinski definition) is 3. The normalized spacial score (nSPS) is 11.1. The van der Waals surface area contributed by atoms with Crippen LogP contribution in [0.2, 0.25) is 5.02 Å². The van der Waals surface area contributed by atoms with Gasteiger partial charge in [-0.3, -0.25) is 0 Å². The summed E-state index contributed by atoms with van der Waals surface area (Å²) in [5, 5.41) is 1.63. The lowest BCUT2D eigenvalue weighted by Crippen LogP contribution is -1.83. The summed E-state index contributed by atoms with van der Waals surface area (Å²) in [5.74, 6) is 0.778. The fraction of sp³-hybridized carbons (Fsp3) is 0.0769. The molecule has 3 nitrogen and oxygen atoms in total. The van der Waals surface area contributed by atoms with Crippen molar-refractivity contribution in [2.75, 3.05) is 0 Å². The van der Waals surface area contributed by atoms with Crippen LogP contribution in [0, 0.1) is 0 Å². The number of halogens is 2. The number of fused-ring (bicyclic) bond motifs is 1. The third-order valence-corrected chi connectivity index (χ3v) is 4.33. The lowest BCUT2D eigenvalue weighted by Gasteiger charge is -2.01. The van der Waals surface area contributed by atoms with Crippen LogP contribution in [-0.2, 0) is 5.75 Å². The van der Waals surface area contributed by atoms with Crippen molar-refractivity contribution >= 4 is 50.5 Å². The molecule has 0 bridgehead atoms. The number of imidazole rings is 1. The van der Waals surface area contributed by atoms with E-state index in [1.807, 2.05) is 30.3 Å². The zero-order valence-corrected chi connectivity index (χ0v) is 12.9. The molecular weight excluding hydrogens is 346 g/mol. The number of benzene rings is 1. The number of rotatable bonds is 3. The minimum Gasteiger partial charge on any atom is -0.331 e. The average Bonchev–Trinajstić information content (AvgIpc) is 2.79. The second-order valence-corrected chi connectivity index (χ2v) is 6.23. The molecule has 1 aromatic carbocycles. The van der Waals surface area contributed by atoms with E-state index in [0.29, 0.717) is 0 Å². The molecule has 3 rings (SSSR count). The van der Waals surface area contributed by atoms with E-state index in [1.165, 1.54) is 0 Å². The highest BCUT2D eigenvalue weighted by molar-refractivity contribution is 9.10. The Labute approximate surface area is 127 Å². The lowest BCUT2D eigenvalue weighted by molar-refractivity contribution is 1.07. The second kappa shape index (κ2) is 5.53. The molecular formula is C13H9BrClN3S. The number of nitrogens with one attached hydrogen (secondary N) is 1. The monoisotopic (exact) mass is 353 g/mol. The van der Waals surface area contributed by atoms with E-state index in [0.717, 1.165) is 37.1 Å². The van der Waals surface area contributed by atoms with Crippen LogP contribution in [0.5, 0.6) is 0 Å². The summed E-state index contributed by atoms with van der Waals surface area (Å²) in [4.78, 5) is 11.9. The van der Waals surface area contributed by atoms with Gasteiger partial charge < -0.3 is 4.98 Å². The molecule has 6 heteroatoms. The Morgan fingerprint density at radius 2 is 2.16 bits per heavy atom. The average molecular weight is 355 g/mol. The standard InChI is InChI=1S/C13H9BrClN3S/c14-9-5-11-12(16-6-9)18-13(17-11)19-7-8-3-1-2-4-10(8)15/h1-6H,7H2,(H,16,17,18). The van der Waals surface area contributed by atoms with Crippen LogP contribution in [0.4, 0.5) is 0 Å². The van der Waals surface area contributed by atoms with Crippen LogP contribution in [0.3, 0.4) is 0 Å². The van der Waals surface area contributed by atoms with Crippen molar-refractivity contribution in [3.05, 3.63) is 51.6 Å². The van der Waals surface area contributed by atoms with Crippen molar-refractivity contribution in [3.63, 3.8) is 0 Å². The maximum absolute atomic E-state index is 6.13. The lowest BCUT2D eigenvalue weighted by atomic mass is 10.2. The third-order valence-electron chi connectivity index (χ3n) is 2.60. The van der Waals surface area contributed by atoms with Gasteiger partial charge in [0, 0.05) is 21.4 Å². The van der Waals surface area contributed by atoms with Gasteiger partial charge in [-0.2, -0.15) is 0 Å². The van der Waals surface area contributed by atoms with Gasteiger partial charge in [-0.15, -0.1) is 0 Å². The van der Waals surface area contributed by atoms with Gasteiger partial charge >= 0.3 is 0 Å². The van der Waals surface area contributed by atoms with E-state index >= 15 is 0 Å². The third kappa shape index (κ3) is 2.94. The summed E-state index contributed by atoms with van der Waals surface area (Å²) in [7, 11) is 0. The number of aromatic nitrogens is 3. The Hall–Kier alpha value is -1.04. The molecule has 0 aliphatic rings. The maximum atomic E-state index is 6.13. The molecule has 96 valence electrons. The van der Waals surface area contributed by atoms with Crippen molar-refractivity contribution in [1.82, 2.24) is 15.0 Å². The number of nitrogens with zero attached hydrogens (tertiary/aromatic N) is 2. The summed E-state index contributed by atoms with van der Waals surface area (Å²) in [6.45, 7) is 0. The molecule has 2 heterocycles. The molecule has 19 heavy (non-hydrogen) atoms. The van der Waals surface area contributed by atoms with Gasteiger partial charge in [0.25, 0.3) is 0 Å². The molecule has 0 saturated heterocycles. The minimum absolute atomic E-state index is 0.727. The van der Waals surface area contributed by atoms with Crippen LogP contribution in [-0.4, -0.2) is 15.0 Å². The molecule has 1 N–H and O–H groups in total. The predicted molar refractivity (Wildman–Crippen MR) is 82.6 cm³/mol. The summed E-state index contributed by atoms with van der Waals surface area (Å²) in [6, 6.07) is 9.80.